The van der Waals surface area contributed by atoms with Crippen molar-refractivity contribution in [3.63, 3.8) is 0 Å². The fourth-order valence-electron chi connectivity index (χ4n) is 6.10. The fraction of sp³-hybridized carbons (Fsp3) is 0.486. The van der Waals surface area contributed by atoms with Crippen LogP contribution in [0.1, 0.15) is 45.1 Å². The van der Waals surface area contributed by atoms with Crippen LogP contribution in [0.4, 0.5) is 4.79 Å². The molecule has 4 heterocycles. The molecule has 5 aromatic rings. The van der Waals surface area contributed by atoms with Gasteiger partial charge in [0.1, 0.15) is 40.2 Å². The van der Waals surface area contributed by atoms with Gasteiger partial charge in [-0.3, -0.25) is 9.67 Å². The summed E-state index contributed by atoms with van der Waals surface area (Å²) in [4.78, 5) is 28.6. The van der Waals surface area contributed by atoms with Crippen LogP contribution in [0.2, 0.25) is 30.7 Å². The molecule has 1 aliphatic rings. The first-order valence-corrected chi connectivity index (χ1v) is 21.4. The predicted octanol–water partition coefficient (Wildman–Crippen LogP) is 8.86. The molecule has 1 amide bonds. The molecule has 0 atom stereocenters. The molecule has 6 rings (SSSR count). The molecule has 0 radical (unpaired) electrons. The van der Waals surface area contributed by atoms with Crippen molar-refractivity contribution in [1.82, 2.24) is 34.2 Å². The van der Waals surface area contributed by atoms with E-state index in [4.69, 9.17) is 40.9 Å². The van der Waals surface area contributed by atoms with Gasteiger partial charge in [-0.2, -0.15) is 5.10 Å². The highest BCUT2D eigenvalue weighted by atomic mass is 35.5. The first kappa shape index (κ1) is 35.8. The number of ether oxygens (including phenoxy) is 3. The average Bonchev–Trinajstić information content (AvgIpc) is 3.57. The number of aromatic nitrogens is 6. The smallest absolute Gasteiger partial charge is 0.410 e. The number of carbonyl (C=O) groups excluding carboxylic acids is 1. The maximum atomic E-state index is 12.5. The van der Waals surface area contributed by atoms with Crippen LogP contribution < -0.4 is 4.74 Å². The van der Waals surface area contributed by atoms with Crippen LogP contribution in [0.25, 0.3) is 33.3 Å². The van der Waals surface area contributed by atoms with Gasteiger partial charge in [-0.1, -0.05) is 31.2 Å². The number of imidazole rings is 1. The predicted molar refractivity (Wildman–Crippen MR) is 200 cm³/mol. The zero-order valence-corrected chi connectivity index (χ0v) is 32.2. The minimum atomic E-state index is -1.18. The zero-order chi connectivity index (χ0) is 35.8. The monoisotopic (exact) mass is 717 g/mol. The van der Waals surface area contributed by atoms with Crippen molar-refractivity contribution < 1.29 is 19.0 Å². The first-order valence-electron chi connectivity index (χ1n) is 17.3. The maximum absolute atomic E-state index is 12.5. The van der Waals surface area contributed by atoms with Crippen LogP contribution in [0.15, 0.2) is 42.7 Å². The summed E-state index contributed by atoms with van der Waals surface area (Å²) >= 11 is 6.95. The van der Waals surface area contributed by atoms with Gasteiger partial charge in [0, 0.05) is 52.1 Å². The third kappa shape index (κ3) is 8.47. The molecule has 0 spiro atoms. The molecule has 3 aromatic heterocycles. The highest BCUT2D eigenvalue weighted by molar-refractivity contribution is 6.76. The van der Waals surface area contributed by atoms with Gasteiger partial charge in [0.15, 0.2) is 0 Å². The van der Waals surface area contributed by atoms with Crippen molar-refractivity contribution >= 4 is 47.8 Å². The van der Waals surface area contributed by atoms with E-state index in [1.165, 1.54) is 0 Å². The number of halogens is 1. The Morgan fingerprint density at radius 3 is 2.50 bits per heavy atom. The molecular formula is C37H48ClN7O4Si. The molecule has 0 unspecified atom stereocenters. The Morgan fingerprint density at radius 2 is 1.78 bits per heavy atom. The second-order valence-electron chi connectivity index (χ2n) is 15.4. The van der Waals surface area contributed by atoms with Gasteiger partial charge in [0.05, 0.1) is 34.1 Å². The molecular weight excluding hydrogens is 670 g/mol. The number of benzene rings is 2. The highest BCUT2D eigenvalue weighted by Crippen LogP contribution is 2.36. The highest BCUT2D eigenvalue weighted by Gasteiger charge is 2.27. The maximum Gasteiger partial charge on any atom is 0.410 e. The van der Waals surface area contributed by atoms with Gasteiger partial charge in [-0.05, 0) is 83.7 Å². The number of likely N-dealkylation sites (tertiary alicyclic amines) is 1. The van der Waals surface area contributed by atoms with E-state index >= 15 is 0 Å². The lowest BCUT2D eigenvalue weighted by atomic mass is 9.97. The molecule has 11 nitrogen and oxygen atoms in total. The largest absolute Gasteiger partial charge is 0.456 e. The number of hydrogen-bond acceptors (Lipinski definition) is 8. The van der Waals surface area contributed by atoms with Gasteiger partial charge in [0.2, 0.25) is 0 Å². The number of fused-ring (bicyclic) bond motifs is 2. The second-order valence-corrected chi connectivity index (χ2v) is 21.4. The van der Waals surface area contributed by atoms with Crippen molar-refractivity contribution in [3.05, 3.63) is 59.3 Å². The lowest BCUT2D eigenvalue weighted by Gasteiger charge is -2.33. The van der Waals surface area contributed by atoms with E-state index in [-0.39, 0.29) is 6.09 Å². The minimum absolute atomic E-state index is 0.243. The van der Waals surface area contributed by atoms with E-state index in [2.05, 4.69) is 29.2 Å². The Hall–Kier alpha value is -4.00. The number of aryl methyl sites for hydroxylation is 2. The van der Waals surface area contributed by atoms with E-state index in [1.54, 1.807) is 11.1 Å². The lowest BCUT2D eigenvalue weighted by molar-refractivity contribution is 0.0177. The number of piperidine rings is 1. The number of hydrogen-bond donors (Lipinski definition) is 0. The summed E-state index contributed by atoms with van der Waals surface area (Å²) in [6.07, 6.45) is 5.32. The van der Waals surface area contributed by atoms with Crippen molar-refractivity contribution in [2.75, 3.05) is 19.7 Å². The summed E-state index contributed by atoms with van der Waals surface area (Å²) in [5.74, 6) is 2.42. The average molecular weight is 718 g/mol. The topological polar surface area (TPSA) is 109 Å². The quantitative estimate of drug-likeness (QED) is 0.104. The molecule has 50 heavy (non-hydrogen) atoms. The van der Waals surface area contributed by atoms with Gasteiger partial charge in [-0.25, -0.2) is 14.8 Å². The second kappa shape index (κ2) is 14.3. The van der Waals surface area contributed by atoms with Gasteiger partial charge in [-0.15, -0.1) is 0 Å². The van der Waals surface area contributed by atoms with Crippen molar-refractivity contribution in [1.29, 1.82) is 0 Å². The third-order valence-corrected chi connectivity index (χ3v) is 11.0. The van der Waals surface area contributed by atoms with E-state index in [0.29, 0.717) is 59.0 Å². The molecule has 0 aliphatic carbocycles. The molecule has 13 heteroatoms. The summed E-state index contributed by atoms with van der Waals surface area (Å²) in [5.41, 5.74) is 5.00. The van der Waals surface area contributed by atoms with Crippen LogP contribution in [-0.4, -0.2) is 73.7 Å². The van der Waals surface area contributed by atoms with Gasteiger partial charge < -0.3 is 23.7 Å². The Morgan fingerprint density at radius 1 is 1.04 bits per heavy atom. The van der Waals surface area contributed by atoms with Crippen LogP contribution in [0.5, 0.6) is 11.5 Å². The Bertz CT molecular complexity index is 2010. The van der Waals surface area contributed by atoms with Crippen LogP contribution in [0.3, 0.4) is 0 Å². The SMILES string of the molecule is Cc1nn(CC2CCN(C(=O)OC(C)(C)C)CC2)cc1-c1cnc2ccc(Oc3ccc4nc(C)n(COCC[Si](C)(C)C)c4c3)c(Cl)c2n1. The van der Waals surface area contributed by atoms with E-state index in [9.17, 15) is 4.79 Å². The number of amides is 1. The van der Waals surface area contributed by atoms with Crippen molar-refractivity contribution in [3.8, 4) is 22.8 Å². The summed E-state index contributed by atoms with van der Waals surface area (Å²) in [7, 11) is -1.18. The third-order valence-electron chi connectivity index (χ3n) is 8.91. The Balaban J connectivity index is 1.15. The van der Waals surface area contributed by atoms with Gasteiger partial charge >= 0.3 is 6.09 Å². The van der Waals surface area contributed by atoms with Crippen LogP contribution >= 0.6 is 11.6 Å². The van der Waals surface area contributed by atoms with Crippen molar-refractivity contribution in [2.45, 2.75) is 92.0 Å². The summed E-state index contributed by atoms with van der Waals surface area (Å²) < 4.78 is 22.0. The summed E-state index contributed by atoms with van der Waals surface area (Å²) in [6, 6.07) is 10.6. The number of rotatable bonds is 10. The first-order chi connectivity index (χ1) is 23.6. The molecule has 1 fully saturated rings. The number of nitrogens with zero attached hydrogens (tertiary/aromatic N) is 7. The zero-order valence-electron chi connectivity index (χ0n) is 30.4. The Kier molecular flexibility index (Phi) is 10.3. The van der Waals surface area contributed by atoms with E-state index in [0.717, 1.165) is 60.2 Å². The lowest BCUT2D eigenvalue weighted by Crippen LogP contribution is -2.42. The molecule has 0 saturated carbocycles. The fourth-order valence-corrected chi connectivity index (χ4v) is 7.09. The minimum Gasteiger partial charge on any atom is -0.456 e. The van der Waals surface area contributed by atoms with E-state index in [1.807, 2.05) is 75.8 Å². The normalized spacial score (nSPS) is 14.5. The summed E-state index contributed by atoms with van der Waals surface area (Å²) in [5, 5.41) is 5.19. The molecule has 1 saturated heterocycles. The standard InChI is InChI=1S/C37H48ClN7O4Si/c1-24-28(22-44(42-24)21-26-13-15-43(16-14-26)36(46)49-37(3,4)5)31-20-39-30-11-12-33(34(38)35(30)41-31)48-27-9-10-29-32(19-27)45(25(2)40-29)23-47-17-18-50(6,7)8/h9-12,19-20,22,26H,13-18,21,23H2,1-8H3. The molecule has 0 N–H and O–H groups in total. The van der Waals surface area contributed by atoms with E-state index < -0.39 is 13.7 Å². The number of carbonyl (C=O) groups is 1. The van der Waals surface area contributed by atoms with Gasteiger partial charge in [0.25, 0.3) is 0 Å². The molecule has 266 valence electrons. The van der Waals surface area contributed by atoms with Crippen molar-refractivity contribution in [2.24, 2.45) is 5.92 Å². The summed E-state index contributed by atoms with van der Waals surface area (Å²) in [6.45, 7) is 20.0. The Labute approximate surface area is 299 Å². The van der Waals surface area contributed by atoms with Crippen LogP contribution in [-0.2, 0) is 22.7 Å². The van der Waals surface area contributed by atoms with Crippen LogP contribution in [0, 0.1) is 19.8 Å². The molecule has 1 aliphatic heterocycles. The molecule has 0 bridgehead atoms. The molecule has 2 aromatic carbocycles.